The van der Waals surface area contributed by atoms with Crippen LogP contribution in [0.5, 0.6) is 0 Å². The highest BCUT2D eigenvalue weighted by atomic mass is 35.5. The summed E-state index contributed by atoms with van der Waals surface area (Å²) >= 11 is 11.8. The van der Waals surface area contributed by atoms with Crippen molar-refractivity contribution in [2.24, 2.45) is 0 Å². The summed E-state index contributed by atoms with van der Waals surface area (Å²) in [5, 5.41) is 11.6. The molecule has 3 rings (SSSR count). The summed E-state index contributed by atoms with van der Waals surface area (Å²) in [5.41, 5.74) is 1.60. The monoisotopic (exact) mass is 443 g/mol. The van der Waals surface area contributed by atoms with E-state index >= 15 is 0 Å². The number of nitro benzene ring substituents is 1. The van der Waals surface area contributed by atoms with Gasteiger partial charge in [0.15, 0.2) is 0 Å². The summed E-state index contributed by atoms with van der Waals surface area (Å²) in [7, 11) is -3.65. The van der Waals surface area contributed by atoms with Crippen molar-refractivity contribution in [3.05, 3.63) is 67.7 Å². The second-order valence-corrected chi connectivity index (χ2v) is 9.33. The van der Waals surface area contributed by atoms with E-state index in [0.717, 1.165) is 5.56 Å². The maximum atomic E-state index is 12.8. The molecule has 28 heavy (non-hydrogen) atoms. The van der Waals surface area contributed by atoms with E-state index in [1.165, 1.54) is 28.6 Å². The molecule has 0 aromatic heterocycles. The Balaban J connectivity index is 1.68. The number of sulfonamides is 1. The Kier molecular flexibility index (Phi) is 6.26. The molecular weight excluding hydrogens is 425 g/mol. The van der Waals surface area contributed by atoms with Gasteiger partial charge in [-0.2, -0.15) is 4.31 Å². The summed E-state index contributed by atoms with van der Waals surface area (Å²) in [6.45, 7) is 3.99. The van der Waals surface area contributed by atoms with Crippen LogP contribution in [0.25, 0.3) is 0 Å². The maximum absolute atomic E-state index is 12.8. The molecule has 0 aliphatic carbocycles. The van der Waals surface area contributed by atoms with Gasteiger partial charge in [-0.15, -0.1) is 0 Å². The van der Waals surface area contributed by atoms with Gasteiger partial charge in [-0.25, -0.2) is 8.42 Å². The van der Waals surface area contributed by atoms with Crippen LogP contribution >= 0.6 is 23.2 Å². The number of nitrogens with zero attached hydrogens (tertiary/aromatic N) is 3. The zero-order valence-corrected chi connectivity index (χ0v) is 17.5. The predicted molar refractivity (Wildman–Crippen MR) is 108 cm³/mol. The maximum Gasteiger partial charge on any atom is 0.272 e. The summed E-state index contributed by atoms with van der Waals surface area (Å²) in [5.74, 6) is 0. The molecule has 0 saturated carbocycles. The van der Waals surface area contributed by atoms with Gasteiger partial charge in [-0.05, 0) is 30.7 Å². The molecule has 1 saturated heterocycles. The lowest BCUT2D eigenvalue weighted by Gasteiger charge is -2.34. The molecule has 0 N–H and O–H groups in total. The molecule has 7 nitrogen and oxygen atoms in total. The smallest absolute Gasteiger partial charge is 0.272 e. The highest BCUT2D eigenvalue weighted by Crippen LogP contribution is 2.27. The molecule has 0 radical (unpaired) electrons. The molecule has 0 unspecified atom stereocenters. The topological polar surface area (TPSA) is 83.8 Å². The van der Waals surface area contributed by atoms with E-state index in [1.54, 1.807) is 13.0 Å². The van der Waals surface area contributed by atoms with Crippen LogP contribution in [0.1, 0.15) is 11.1 Å². The molecular formula is C18H19Cl2N3O4S. The Morgan fingerprint density at radius 2 is 1.75 bits per heavy atom. The van der Waals surface area contributed by atoms with E-state index in [1.807, 2.05) is 6.07 Å². The molecule has 1 heterocycles. The van der Waals surface area contributed by atoms with Crippen molar-refractivity contribution < 1.29 is 13.3 Å². The van der Waals surface area contributed by atoms with Crippen molar-refractivity contribution in [2.45, 2.75) is 18.4 Å². The average Bonchev–Trinajstić information content (AvgIpc) is 2.65. The Morgan fingerprint density at radius 3 is 2.36 bits per heavy atom. The summed E-state index contributed by atoms with van der Waals surface area (Å²) < 4.78 is 27.1. The second-order valence-electron chi connectivity index (χ2n) is 6.57. The highest BCUT2D eigenvalue weighted by Gasteiger charge is 2.29. The molecule has 2 aromatic carbocycles. The third kappa shape index (κ3) is 4.31. The van der Waals surface area contributed by atoms with E-state index in [2.05, 4.69) is 4.90 Å². The third-order valence-electron chi connectivity index (χ3n) is 4.87. The van der Waals surface area contributed by atoms with E-state index in [0.29, 0.717) is 43.3 Å². The summed E-state index contributed by atoms with van der Waals surface area (Å²) in [4.78, 5) is 12.9. The van der Waals surface area contributed by atoms with Crippen LogP contribution in [0.2, 0.25) is 10.0 Å². The molecule has 1 aliphatic heterocycles. The average molecular weight is 444 g/mol. The van der Waals surface area contributed by atoms with Crippen LogP contribution in [-0.4, -0.2) is 48.7 Å². The van der Waals surface area contributed by atoms with Crippen molar-refractivity contribution in [1.82, 2.24) is 9.21 Å². The molecule has 150 valence electrons. The van der Waals surface area contributed by atoms with Gasteiger partial charge < -0.3 is 0 Å². The molecule has 2 aromatic rings. The lowest BCUT2D eigenvalue weighted by molar-refractivity contribution is -0.385. The van der Waals surface area contributed by atoms with Crippen LogP contribution in [-0.2, 0) is 16.6 Å². The van der Waals surface area contributed by atoms with Crippen molar-refractivity contribution in [2.75, 3.05) is 26.2 Å². The number of benzene rings is 2. The fourth-order valence-corrected chi connectivity index (χ4v) is 5.01. The quantitative estimate of drug-likeness (QED) is 0.519. The fraction of sp³-hybridized carbons (Fsp3) is 0.333. The van der Waals surface area contributed by atoms with Crippen molar-refractivity contribution in [3.8, 4) is 0 Å². The summed E-state index contributed by atoms with van der Waals surface area (Å²) in [6, 6.07) is 9.30. The highest BCUT2D eigenvalue weighted by molar-refractivity contribution is 7.89. The van der Waals surface area contributed by atoms with E-state index in [-0.39, 0.29) is 20.5 Å². The van der Waals surface area contributed by atoms with Gasteiger partial charge >= 0.3 is 0 Å². The first-order valence-electron chi connectivity index (χ1n) is 8.60. The van der Waals surface area contributed by atoms with E-state index in [9.17, 15) is 18.5 Å². The van der Waals surface area contributed by atoms with E-state index < -0.39 is 10.0 Å². The third-order valence-corrected chi connectivity index (χ3v) is 7.50. The lowest BCUT2D eigenvalue weighted by atomic mass is 10.1. The molecule has 0 amide bonds. The lowest BCUT2D eigenvalue weighted by Crippen LogP contribution is -2.48. The molecule has 0 bridgehead atoms. The Hall–Kier alpha value is -1.71. The Labute approximate surface area is 173 Å². The molecule has 1 aliphatic rings. The van der Waals surface area contributed by atoms with Crippen LogP contribution < -0.4 is 0 Å². The first-order valence-corrected chi connectivity index (χ1v) is 10.8. The standard InChI is InChI=1S/C18H19Cl2N3O4S/c1-13-14(3-2-4-18(13)23(24)25)12-21-7-9-22(10-8-21)28(26,27)15-5-6-16(19)17(20)11-15/h2-6,11H,7-10,12H2,1H3. The van der Waals surface area contributed by atoms with Gasteiger partial charge in [0, 0.05) is 44.4 Å². The molecule has 10 heteroatoms. The van der Waals surface area contributed by atoms with Crippen LogP contribution in [0.3, 0.4) is 0 Å². The van der Waals surface area contributed by atoms with Gasteiger partial charge in [-0.3, -0.25) is 15.0 Å². The van der Waals surface area contributed by atoms with Gasteiger partial charge in [-0.1, -0.05) is 35.3 Å². The fourth-order valence-electron chi connectivity index (χ4n) is 3.19. The largest absolute Gasteiger partial charge is 0.296 e. The predicted octanol–water partition coefficient (Wildman–Crippen LogP) is 3.72. The number of hydrogen-bond donors (Lipinski definition) is 0. The first-order chi connectivity index (χ1) is 13.2. The SMILES string of the molecule is Cc1c(CN2CCN(S(=O)(=O)c3ccc(Cl)c(Cl)c3)CC2)cccc1[N+](=O)[O-]. The summed E-state index contributed by atoms with van der Waals surface area (Å²) in [6.07, 6.45) is 0. The van der Waals surface area contributed by atoms with Crippen LogP contribution in [0.4, 0.5) is 5.69 Å². The second kappa shape index (κ2) is 8.34. The number of rotatable bonds is 5. The molecule has 0 spiro atoms. The number of hydrogen-bond acceptors (Lipinski definition) is 5. The van der Waals surface area contributed by atoms with Crippen LogP contribution in [0, 0.1) is 17.0 Å². The Bertz CT molecular complexity index is 1010. The van der Waals surface area contributed by atoms with Gasteiger partial charge in [0.2, 0.25) is 10.0 Å². The van der Waals surface area contributed by atoms with Gasteiger partial charge in [0.1, 0.15) is 0 Å². The minimum atomic E-state index is -3.65. The number of piperazine rings is 1. The number of nitro groups is 1. The molecule has 0 atom stereocenters. The van der Waals surface area contributed by atoms with Gasteiger partial charge in [0.05, 0.1) is 19.9 Å². The van der Waals surface area contributed by atoms with Crippen molar-refractivity contribution >= 4 is 38.9 Å². The van der Waals surface area contributed by atoms with Crippen molar-refractivity contribution in [1.29, 1.82) is 0 Å². The zero-order valence-electron chi connectivity index (χ0n) is 15.1. The first kappa shape index (κ1) is 21.0. The zero-order chi connectivity index (χ0) is 20.5. The molecule has 1 fully saturated rings. The van der Waals surface area contributed by atoms with E-state index in [4.69, 9.17) is 23.2 Å². The minimum absolute atomic E-state index is 0.0957. The number of halogens is 2. The normalized spacial score (nSPS) is 16.2. The van der Waals surface area contributed by atoms with Crippen molar-refractivity contribution in [3.63, 3.8) is 0 Å². The Morgan fingerprint density at radius 1 is 1.07 bits per heavy atom. The van der Waals surface area contributed by atoms with Gasteiger partial charge in [0.25, 0.3) is 5.69 Å². The van der Waals surface area contributed by atoms with Crippen LogP contribution in [0.15, 0.2) is 41.3 Å². The minimum Gasteiger partial charge on any atom is -0.296 e.